The standard InChI is InChI=1S/C21H27IN6O3/c1-4-21(20(29)23-3)10-30-13(2)19(31-21)28-12-27-16-17(25-11-26-18(16)28)24-9-14-6-5-7-15(22)8-14/h5-8,11,13,19,27H,4,9-10,12H2,1-3H3,(H,23,29)(H,24,25,26)/t13?,19-,21?/m1/s1. The van der Waals surface area contributed by atoms with Gasteiger partial charge in [0.25, 0.3) is 5.91 Å². The van der Waals surface area contributed by atoms with Crippen molar-refractivity contribution in [3.8, 4) is 0 Å². The molecule has 3 N–H and O–H groups in total. The van der Waals surface area contributed by atoms with Crippen molar-refractivity contribution in [2.45, 2.75) is 44.7 Å². The minimum atomic E-state index is -1.02. The van der Waals surface area contributed by atoms with E-state index in [9.17, 15) is 4.79 Å². The van der Waals surface area contributed by atoms with Gasteiger partial charge in [-0.05, 0) is 53.6 Å². The molecular weight excluding hydrogens is 511 g/mol. The monoisotopic (exact) mass is 538 g/mol. The van der Waals surface area contributed by atoms with Crippen LogP contribution in [0.5, 0.6) is 0 Å². The van der Waals surface area contributed by atoms with Crippen molar-refractivity contribution in [1.29, 1.82) is 0 Å². The molecule has 2 unspecified atom stereocenters. The van der Waals surface area contributed by atoms with Gasteiger partial charge in [0, 0.05) is 17.2 Å². The number of hydrogen-bond acceptors (Lipinski definition) is 8. The largest absolute Gasteiger partial charge is 0.370 e. The van der Waals surface area contributed by atoms with Crippen LogP contribution >= 0.6 is 22.6 Å². The quantitative estimate of drug-likeness (QED) is 0.483. The van der Waals surface area contributed by atoms with Crippen LogP contribution in [0.1, 0.15) is 25.8 Å². The lowest BCUT2D eigenvalue weighted by Gasteiger charge is -2.45. The summed E-state index contributed by atoms with van der Waals surface area (Å²) in [7, 11) is 1.61. The van der Waals surface area contributed by atoms with Crippen LogP contribution in [-0.4, -0.2) is 54.1 Å². The predicted molar refractivity (Wildman–Crippen MR) is 127 cm³/mol. The van der Waals surface area contributed by atoms with Gasteiger partial charge in [0.15, 0.2) is 23.5 Å². The Balaban J connectivity index is 1.55. The molecule has 0 aliphatic carbocycles. The van der Waals surface area contributed by atoms with Crippen LogP contribution in [0.15, 0.2) is 30.6 Å². The lowest BCUT2D eigenvalue weighted by Crippen LogP contribution is -2.62. The molecule has 1 fully saturated rings. The van der Waals surface area contributed by atoms with Crippen LogP contribution in [-0.2, 0) is 20.8 Å². The number of nitrogens with one attached hydrogen (secondary N) is 3. The van der Waals surface area contributed by atoms with Gasteiger partial charge in [0.2, 0.25) is 0 Å². The number of hydrogen-bond donors (Lipinski definition) is 3. The van der Waals surface area contributed by atoms with Gasteiger partial charge in [0.05, 0.1) is 19.4 Å². The van der Waals surface area contributed by atoms with Gasteiger partial charge in [-0.2, -0.15) is 0 Å². The van der Waals surface area contributed by atoms with Crippen LogP contribution in [0.2, 0.25) is 0 Å². The Morgan fingerprint density at radius 1 is 1.42 bits per heavy atom. The lowest BCUT2D eigenvalue weighted by atomic mass is 9.98. The van der Waals surface area contributed by atoms with E-state index < -0.39 is 11.8 Å². The number of aromatic nitrogens is 2. The Morgan fingerprint density at radius 3 is 3.00 bits per heavy atom. The minimum Gasteiger partial charge on any atom is -0.370 e. The second kappa shape index (κ2) is 9.13. The molecule has 0 radical (unpaired) electrons. The number of carbonyl (C=O) groups is 1. The highest BCUT2D eigenvalue weighted by molar-refractivity contribution is 14.1. The number of carbonyl (C=O) groups excluding carboxylic acids is 1. The molecule has 1 saturated heterocycles. The van der Waals surface area contributed by atoms with Crippen molar-refractivity contribution in [3.63, 3.8) is 0 Å². The van der Waals surface area contributed by atoms with Gasteiger partial charge in [-0.25, -0.2) is 9.97 Å². The molecule has 31 heavy (non-hydrogen) atoms. The third kappa shape index (κ3) is 4.28. The van der Waals surface area contributed by atoms with E-state index in [-0.39, 0.29) is 18.6 Å². The van der Waals surface area contributed by atoms with E-state index in [0.717, 1.165) is 17.3 Å². The zero-order valence-corrected chi connectivity index (χ0v) is 20.0. The molecule has 0 spiro atoms. The van der Waals surface area contributed by atoms with E-state index in [2.05, 4.69) is 66.7 Å². The van der Waals surface area contributed by atoms with Gasteiger partial charge in [-0.1, -0.05) is 19.1 Å². The van der Waals surface area contributed by atoms with Gasteiger partial charge >= 0.3 is 0 Å². The summed E-state index contributed by atoms with van der Waals surface area (Å²) in [6.07, 6.45) is 1.36. The molecule has 9 nitrogen and oxygen atoms in total. The summed E-state index contributed by atoms with van der Waals surface area (Å²) >= 11 is 2.30. The zero-order valence-electron chi connectivity index (χ0n) is 17.8. The van der Waals surface area contributed by atoms with E-state index in [4.69, 9.17) is 9.47 Å². The van der Waals surface area contributed by atoms with Crippen LogP contribution in [0.4, 0.5) is 17.3 Å². The molecule has 2 aromatic rings. The average molecular weight is 538 g/mol. The van der Waals surface area contributed by atoms with Crippen molar-refractivity contribution >= 4 is 45.8 Å². The summed E-state index contributed by atoms with van der Waals surface area (Å²) in [5.41, 5.74) is 0.967. The van der Waals surface area contributed by atoms with Crippen LogP contribution in [0, 0.1) is 3.57 Å². The van der Waals surface area contributed by atoms with Gasteiger partial charge in [-0.15, -0.1) is 0 Å². The molecule has 0 bridgehead atoms. The number of rotatable bonds is 6. The zero-order chi connectivity index (χ0) is 22.0. The van der Waals surface area contributed by atoms with Crippen LogP contribution in [0.25, 0.3) is 0 Å². The number of amides is 1. The van der Waals surface area contributed by atoms with Crippen molar-refractivity contribution in [2.75, 3.05) is 35.9 Å². The number of anilines is 3. The number of nitrogens with zero attached hydrogens (tertiary/aromatic N) is 3. The summed E-state index contributed by atoms with van der Waals surface area (Å²) in [4.78, 5) is 23.5. The minimum absolute atomic E-state index is 0.179. The highest BCUT2D eigenvalue weighted by atomic mass is 127. The summed E-state index contributed by atoms with van der Waals surface area (Å²) in [5, 5.41) is 9.47. The van der Waals surface area contributed by atoms with Crippen molar-refractivity contribution in [1.82, 2.24) is 15.3 Å². The van der Waals surface area contributed by atoms with E-state index in [1.54, 1.807) is 7.05 Å². The second-order valence-electron chi connectivity index (χ2n) is 7.66. The molecule has 1 aromatic heterocycles. The molecule has 166 valence electrons. The molecule has 10 heteroatoms. The molecule has 1 aromatic carbocycles. The van der Waals surface area contributed by atoms with Crippen molar-refractivity contribution in [3.05, 3.63) is 39.7 Å². The smallest absolute Gasteiger partial charge is 0.254 e. The third-order valence-corrected chi connectivity index (χ3v) is 6.39. The topological polar surface area (TPSA) is 101 Å². The van der Waals surface area contributed by atoms with E-state index in [1.807, 2.05) is 24.8 Å². The SMILES string of the molecule is CCC1(C(=O)NC)COC(C)[C@H](N2CNc3c(NCc4cccc(I)c4)ncnc32)O1. The normalized spacial score (nSPS) is 25.0. The Bertz CT molecular complexity index is 960. The molecule has 2 aliphatic heterocycles. The maximum absolute atomic E-state index is 12.5. The van der Waals surface area contributed by atoms with E-state index in [0.29, 0.717) is 19.6 Å². The van der Waals surface area contributed by atoms with Crippen LogP contribution < -0.4 is 20.9 Å². The van der Waals surface area contributed by atoms with Gasteiger partial charge in [0.1, 0.15) is 12.0 Å². The Labute approximate surface area is 195 Å². The Morgan fingerprint density at radius 2 is 2.26 bits per heavy atom. The first-order valence-corrected chi connectivity index (χ1v) is 11.4. The van der Waals surface area contributed by atoms with Crippen molar-refractivity contribution in [2.24, 2.45) is 0 Å². The number of benzene rings is 1. The number of halogens is 1. The fourth-order valence-corrected chi connectivity index (χ4v) is 4.50. The third-order valence-electron chi connectivity index (χ3n) is 5.72. The highest BCUT2D eigenvalue weighted by Crippen LogP contribution is 2.39. The first-order valence-electron chi connectivity index (χ1n) is 10.3. The van der Waals surface area contributed by atoms with E-state index >= 15 is 0 Å². The van der Waals surface area contributed by atoms with Crippen molar-refractivity contribution < 1.29 is 14.3 Å². The molecule has 4 rings (SSSR count). The van der Waals surface area contributed by atoms with Gasteiger partial charge in [-0.3, -0.25) is 4.79 Å². The maximum Gasteiger partial charge on any atom is 0.254 e. The lowest BCUT2D eigenvalue weighted by molar-refractivity contribution is -0.225. The molecule has 2 aliphatic rings. The number of likely N-dealkylation sites (N-methyl/N-ethyl adjacent to an activating group) is 1. The second-order valence-corrected chi connectivity index (χ2v) is 8.91. The predicted octanol–water partition coefficient (Wildman–Crippen LogP) is 2.54. The first-order chi connectivity index (χ1) is 15.0. The Kier molecular flexibility index (Phi) is 6.49. The molecule has 1 amide bonds. The van der Waals surface area contributed by atoms with Crippen LogP contribution in [0.3, 0.4) is 0 Å². The molecule has 3 atom stereocenters. The fourth-order valence-electron chi connectivity index (χ4n) is 3.89. The van der Waals surface area contributed by atoms with E-state index in [1.165, 1.54) is 15.5 Å². The first kappa shape index (κ1) is 22.0. The number of fused-ring (bicyclic) bond motifs is 1. The summed E-state index contributed by atoms with van der Waals surface area (Å²) < 4.78 is 13.5. The molecular formula is C21H27IN6O3. The molecule has 3 heterocycles. The Hall–Kier alpha value is -2.18. The molecule has 0 saturated carbocycles. The number of ether oxygens (including phenoxy) is 2. The summed E-state index contributed by atoms with van der Waals surface area (Å²) in [5.74, 6) is 1.27. The maximum atomic E-state index is 12.5. The summed E-state index contributed by atoms with van der Waals surface area (Å²) in [6.45, 7) is 5.23. The highest BCUT2D eigenvalue weighted by Gasteiger charge is 2.48. The average Bonchev–Trinajstić information content (AvgIpc) is 3.22. The summed E-state index contributed by atoms with van der Waals surface area (Å²) in [6, 6.07) is 8.31. The van der Waals surface area contributed by atoms with Gasteiger partial charge < -0.3 is 30.3 Å². The fraction of sp³-hybridized carbons (Fsp3) is 0.476.